The van der Waals surface area contributed by atoms with Crippen molar-refractivity contribution in [2.45, 2.75) is 64.8 Å². The van der Waals surface area contributed by atoms with E-state index in [0.29, 0.717) is 29.5 Å². The molecule has 6 heteroatoms. The van der Waals surface area contributed by atoms with Crippen LogP contribution < -0.4 is 10.0 Å². The Morgan fingerprint density at radius 2 is 1.76 bits per heavy atom. The van der Waals surface area contributed by atoms with Crippen LogP contribution in [0, 0.1) is 13.8 Å². The molecule has 5 nitrogen and oxygen atoms in total. The van der Waals surface area contributed by atoms with Crippen LogP contribution in [0.15, 0.2) is 9.31 Å². The topological polar surface area (TPSA) is 71.3 Å². The van der Waals surface area contributed by atoms with E-state index in [1.807, 2.05) is 6.92 Å². The van der Waals surface area contributed by atoms with Crippen molar-refractivity contribution in [1.82, 2.24) is 10.0 Å². The molecule has 0 unspecified atom stereocenters. The molecule has 0 atom stereocenters. The van der Waals surface area contributed by atoms with Gasteiger partial charge in [0.1, 0.15) is 16.4 Å². The summed E-state index contributed by atoms with van der Waals surface area (Å²) in [6, 6.07) is 0. The number of nitrogens with one attached hydrogen (secondary N) is 2. The van der Waals surface area contributed by atoms with Crippen molar-refractivity contribution < 1.29 is 12.8 Å². The van der Waals surface area contributed by atoms with Gasteiger partial charge in [-0.25, -0.2) is 13.1 Å². The maximum absolute atomic E-state index is 12.5. The van der Waals surface area contributed by atoms with Crippen molar-refractivity contribution in [2.75, 3.05) is 13.1 Å². The van der Waals surface area contributed by atoms with Crippen LogP contribution in [0.2, 0.25) is 0 Å². The van der Waals surface area contributed by atoms with Crippen molar-refractivity contribution >= 4 is 10.0 Å². The van der Waals surface area contributed by atoms with E-state index in [9.17, 15) is 8.42 Å². The first kappa shape index (κ1) is 18.2. The van der Waals surface area contributed by atoms with Gasteiger partial charge in [-0.05, 0) is 26.8 Å². The Hall–Kier alpha value is -0.850. The predicted octanol–water partition coefficient (Wildman–Crippen LogP) is 2.86. The molecule has 21 heavy (non-hydrogen) atoms. The highest BCUT2D eigenvalue weighted by Crippen LogP contribution is 2.26. The van der Waals surface area contributed by atoms with Gasteiger partial charge in [0, 0.05) is 18.7 Å². The van der Waals surface area contributed by atoms with Gasteiger partial charge in [-0.3, -0.25) is 0 Å². The van der Waals surface area contributed by atoms with E-state index in [0.717, 1.165) is 37.8 Å². The van der Waals surface area contributed by atoms with E-state index in [4.69, 9.17) is 4.42 Å². The largest absolute Gasteiger partial charge is 0.465 e. The highest BCUT2D eigenvalue weighted by Gasteiger charge is 2.26. The van der Waals surface area contributed by atoms with Crippen LogP contribution in [0.25, 0.3) is 0 Å². The zero-order chi connectivity index (χ0) is 15.9. The Labute approximate surface area is 128 Å². The number of aryl methyl sites for hydroxylation is 2. The van der Waals surface area contributed by atoms with E-state index in [-0.39, 0.29) is 0 Å². The molecule has 122 valence electrons. The molecule has 0 saturated carbocycles. The normalized spacial score (nSPS) is 12.0. The molecule has 0 fully saturated rings. The summed E-state index contributed by atoms with van der Waals surface area (Å²) in [5.74, 6) is 1.13. The fourth-order valence-corrected chi connectivity index (χ4v) is 3.86. The number of unbranched alkanes of at least 4 members (excludes halogenated alkanes) is 3. The lowest BCUT2D eigenvalue weighted by molar-refractivity contribution is 0.493. The molecule has 0 aliphatic rings. The van der Waals surface area contributed by atoms with Gasteiger partial charge >= 0.3 is 0 Å². The average Bonchev–Trinajstić information content (AvgIpc) is 2.71. The second kappa shape index (κ2) is 8.56. The molecular weight excluding hydrogens is 288 g/mol. The zero-order valence-electron chi connectivity index (χ0n) is 13.6. The van der Waals surface area contributed by atoms with Crippen LogP contribution >= 0.6 is 0 Å². The van der Waals surface area contributed by atoms with E-state index in [1.54, 1.807) is 13.8 Å². The van der Waals surface area contributed by atoms with Gasteiger partial charge < -0.3 is 9.73 Å². The smallest absolute Gasteiger partial charge is 0.244 e. The summed E-state index contributed by atoms with van der Waals surface area (Å²) in [5.41, 5.74) is 0.732. The third-order valence-corrected chi connectivity index (χ3v) is 5.12. The molecule has 0 aliphatic carbocycles. The Morgan fingerprint density at radius 1 is 1.05 bits per heavy atom. The molecule has 0 radical (unpaired) electrons. The fraction of sp³-hybridized carbons (Fsp3) is 0.733. The van der Waals surface area contributed by atoms with Crippen LogP contribution in [0.3, 0.4) is 0 Å². The number of hydrogen-bond donors (Lipinski definition) is 2. The third-order valence-electron chi connectivity index (χ3n) is 3.47. The van der Waals surface area contributed by atoms with Crippen molar-refractivity contribution in [1.29, 1.82) is 0 Å². The minimum absolute atomic E-state index is 0.302. The monoisotopic (exact) mass is 316 g/mol. The maximum atomic E-state index is 12.5. The first-order valence-corrected chi connectivity index (χ1v) is 9.21. The minimum Gasteiger partial charge on any atom is -0.465 e. The lowest BCUT2D eigenvalue weighted by atomic mass is 10.2. The fourth-order valence-electron chi connectivity index (χ4n) is 2.35. The van der Waals surface area contributed by atoms with Crippen molar-refractivity contribution in [2.24, 2.45) is 0 Å². The lowest BCUT2D eigenvalue weighted by Gasteiger charge is -2.09. The molecule has 1 aromatic rings. The zero-order valence-corrected chi connectivity index (χ0v) is 14.4. The molecule has 0 aliphatic heterocycles. The molecule has 2 N–H and O–H groups in total. The minimum atomic E-state index is -3.50. The van der Waals surface area contributed by atoms with E-state index in [2.05, 4.69) is 17.0 Å². The van der Waals surface area contributed by atoms with E-state index < -0.39 is 10.0 Å². The summed E-state index contributed by atoms with van der Waals surface area (Å²) in [5, 5.41) is 3.16. The first-order chi connectivity index (χ1) is 9.94. The molecular formula is C15H28N2O3S. The number of rotatable bonds is 10. The van der Waals surface area contributed by atoms with Gasteiger partial charge in [0.25, 0.3) is 0 Å². The molecule has 0 saturated heterocycles. The molecule has 0 spiro atoms. The van der Waals surface area contributed by atoms with E-state index >= 15 is 0 Å². The van der Waals surface area contributed by atoms with Crippen LogP contribution in [0.4, 0.5) is 0 Å². The number of sulfonamides is 1. The average molecular weight is 316 g/mol. The Kier molecular flexibility index (Phi) is 7.42. The van der Waals surface area contributed by atoms with E-state index in [1.165, 1.54) is 0 Å². The summed E-state index contributed by atoms with van der Waals surface area (Å²) < 4.78 is 33.2. The summed E-state index contributed by atoms with van der Waals surface area (Å²) in [4.78, 5) is 0.302. The SMILES string of the molecule is CCCCCCNS(=O)(=O)c1c(C)oc(C)c1CNCC. The van der Waals surface area contributed by atoms with Gasteiger partial charge in [0.15, 0.2) is 0 Å². The van der Waals surface area contributed by atoms with Crippen LogP contribution in [-0.4, -0.2) is 21.5 Å². The highest BCUT2D eigenvalue weighted by atomic mass is 32.2. The van der Waals surface area contributed by atoms with Gasteiger partial charge in [-0.1, -0.05) is 33.1 Å². The molecule has 0 bridgehead atoms. The van der Waals surface area contributed by atoms with Crippen molar-refractivity contribution in [3.63, 3.8) is 0 Å². The Bertz CT molecular complexity index is 535. The molecule has 0 aromatic carbocycles. The number of hydrogen-bond acceptors (Lipinski definition) is 4. The van der Waals surface area contributed by atoms with Crippen LogP contribution in [0.5, 0.6) is 0 Å². The second-order valence-electron chi connectivity index (χ2n) is 5.26. The summed E-state index contributed by atoms with van der Waals surface area (Å²) in [6.07, 6.45) is 4.19. The summed E-state index contributed by atoms with van der Waals surface area (Å²) in [7, 11) is -3.50. The molecule has 0 amide bonds. The van der Waals surface area contributed by atoms with Gasteiger partial charge in [-0.2, -0.15) is 0 Å². The summed E-state index contributed by atoms with van der Waals surface area (Å²) in [6.45, 7) is 9.40. The van der Waals surface area contributed by atoms with Gasteiger partial charge in [0.05, 0.1) is 0 Å². The van der Waals surface area contributed by atoms with Gasteiger partial charge in [-0.15, -0.1) is 0 Å². The highest BCUT2D eigenvalue weighted by molar-refractivity contribution is 7.89. The second-order valence-corrected chi connectivity index (χ2v) is 6.96. The quantitative estimate of drug-likeness (QED) is 0.651. The van der Waals surface area contributed by atoms with Crippen molar-refractivity contribution in [3.05, 3.63) is 17.1 Å². The lowest BCUT2D eigenvalue weighted by Crippen LogP contribution is -2.27. The first-order valence-electron chi connectivity index (χ1n) is 7.73. The number of furan rings is 1. The van der Waals surface area contributed by atoms with Crippen molar-refractivity contribution in [3.8, 4) is 0 Å². The molecule has 1 aromatic heterocycles. The van der Waals surface area contributed by atoms with Crippen LogP contribution in [-0.2, 0) is 16.6 Å². The molecule has 1 heterocycles. The standard InChI is InChI=1S/C15H28N2O3S/c1-5-7-8-9-10-17-21(18,19)15-13(4)20-12(3)14(15)11-16-6-2/h16-17H,5-11H2,1-4H3. The van der Waals surface area contributed by atoms with Crippen LogP contribution in [0.1, 0.15) is 56.6 Å². The molecule has 1 rings (SSSR count). The Balaban J connectivity index is 2.82. The third kappa shape index (κ3) is 5.13. The predicted molar refractivity (Wildman–Crippen MR) is 84.9 cm³/mol. The Morgan fingerprint density at radius 3 is 2.38 bits per heavy atom. The summed E-state index contributed by atoms with van der Waals surface area (Å²) >= 11 is 0. The van der Waals surface area contributed by atoms with Gasteiger partial charge in [0.2, 0.25) is 10.0 Å². The maximum Gasteiger partial charge on any atom is 0.244 e.